The summed E-state index contributed by atoms with van der Waals surface area (Å²) >= 11 is 5.77. The largest absolute Gasteiger partial charge is 0.481 e. The fraction of sp³-hybridized carbons (Fsp3) is 0.462. The quantitative estimate of drug-likeness (QED) is 0.711. The Labute approximate surface area is 112 Å². The van der Waals surface area contributed by atoms with Crippen LogP contribution in [0.2, 0.25) is 5.02 Å². The van der Waals surface area contributed by atoms with Crippen LogP contribution in [0.15, 0.2) is 24.3 Å². The molecule has 2 atom stereocenters. The lowest BCUT2D eigenvalue weighted by molar-refractivity contribution is -0.138. The third kappa shape index (κ3) is 4.64. The van der Waals surface area contributed by atoms with Gasteiger partial charge in [0.25, 0.3) is 0 Å². The highest BCUT2D eigenvalue weighted by Gasteiger charge is 2.22. The normalized spacial score (nSPS) is 14.2. The number of benzene rings is 1. The van der Waals surface area contributed by atoms with E-state index in [0.29, 0.717) is 17.1 Å². The maximum Gasteiger partial charge on any atom is 0.305 e. The van der Waals surface area contributed by atoms with Crippen molar-refractivity contribution in [3.63, 3.8) is 0 Å². The molecule has 3 N–H and O–H groups in total. The zero-order valence-corrected chi connectivity index (χ0v) is 11.0. The van der Waals surface area contributed by atoms with Gasteiger partial charge in [-0.15, -0.1) is 0 Å². The number of nitrogens with one attached hydrogen (secondary N) is 1. The van der Waals surface area contributed by atoms with Crippen LogP contribution in [-0.4, -0.2) is 28.8 Å². The summed E-state index contributed by atoms with van der Waals surface area (Å²) < 4.78 is 0. The molecule has 0 aromatic heterocycles. The van der Waals surface area contributed by atoms with Crippen LogP contribution in [0.4, 0.5) is 0 Å². The van der Waals surface area contributed by atoms with Gasteiger partial charge in [0.15, 0.2) is 0 Å². The van der Waals surface area contributed by atoms with E-state index >= 15 is 0 Å². The van der Waals surface area contributed by atoms with Crippen molar-refractivity contribution < 1.29 is 15.0 Å². The molecule has 0 aliphatic rings. The second-order valence-electron chi connectivity index (χ2n) is 4.15. The molecule has 0 radical (unpaired) electrons. The maximum atomic E-state index is 10.8. The average molecular weight is 272 g/mol. The van der Waals surface area contributed by atoms with E-state index in [4.69, 9.17) is 16.7 Å². The van der Waals surface area contributed by atoms with E-state index < -0.39 is 18.1 Å². The van der Waals surface area contributed by atoms with E-state index in [9.17, 15) is 9.90 Å². The van der Waals surface area contributed by atoms with Crippen molar-refractivity contribution in [2.75, 3.05) is 6.54 Å². The highest BCUT2D eigenvalue weighted by Crippen LogP contribution is 2.21. The highest BCUT2D eigenvalue weighted by atomic mass is 35.5. The van der Waals surface area contributed by atoms with Gasteiger partial charge in [-0.1, -0.05) is 30.7 Å². The van der Waals surface area contributed by atoms with Crippen molar-refractivity contribution in [2.24, 2.45) is 0 Å². The van der Waals surface area contributed by atoms with Crippen molar-refractivity contribution in [3.8, 4) is 0 Å². The van der Waals surface area contributed by atoms with Crippen LogP contribution in [-0.2, 0) is 4.79 Å². The molecule has 0 fully saturated rings. The Morgan fingerprint density at radius 3 is 2.50 bits per heavy atom. The minimum atomic E-state index is -0.934. The van der Waals surface area contributed by atoms with Gasteiger partial charge in [0.05, 0.1) is 12.5 Å². The number of aliphatic carboxylic acids is 1. The Kier molecular flexibility index (Phi) is 6.12. The summed E-state index contributed by atoms with van der Waals surface area (Å²) in [6, 6.07) is 6.27. The van der Waals surface area contributed by atoms with Crippen LogP contribution in [0.25, 0.3) is 0 Å². The molecule has 2 unspecified atom stereocenters. The summed E-state index contributed by atoms with van der Waals surface area (Å²) in [6.07, 6.45) is -0.0994. The Hall–Kier alpha value is -1.10. The SMILES string of the molecule is CCCNC(CC(=O)O)C(O)c1ccc(Cl)cc1. The van der Waals surface area contributed by atoms with Crippen LogP contribution in [0, 0.1) is 0 Å². The van der Waals surface area contributed by atoms with E-state index in [1.165, 1.54) is 0 Å². The molecule has 0 saturated carbocycles. The van der Waals surface area contributed by atoms with Crippen LogP contribution in [0.3, 0.4) is 0 Å². The Morgan fingerprint density at radius 2 is 2.00 bits per heavy atom. The number of aliphatic hydroxyl groups excluding tert-OH is 1. The van der Waals surface area contributed by atoms with Gasteiger partial charge >= 0.3 is 5.97 Å². The molecule has 0 aliphatic carbocycles. The standard InChI is InChI=1S/C13H18ClNO3/c1-2-7-15-11(8-12(16)17)13(18)9-3-5-10(14)6-4-9/h3-6,11,13,15,18H,2,7-8H2,1H3,(H,16,17). The summed E-state index contributed by atoms with van der Waals surface area (Å²) in [5, 5.41) is 22.7. The first-order chi connectivity index (χ1) is 8.54. The topological polar surface area (TPSA) is 69.6 Å². The number of hydrogen-bond acceptors (Lipinski definition) is 3. The van der Waals surface area contributed by atoms with Gasteiger partial charge < -0.3 is 15.5 Å². The van der Waals surface area contributed by atoms with Crippen LogP contribution in [0.5, 0.6) is 0 Å². The Morgan fingerprint density at radius 1 is 1.39 bits per heavy atom. The monoisotopic (exact) mass is 271 g/mol. The van der Waals surface area contributed by atoms with Gasteiger partial charge in [0.1, 0.15) is 0 Å². The summed E-state index contributed by atoms with van der Waals surface area (Å²) in [5.74, 6) is -0.934. The predicted molar refractivity (Wildman–Crippen MR) is 70.7 cm³/mol. The van der Waals surface area contributed by atoms with Gasteiger partial charge in [-0.25, -0.2) is 0 Å². The Bertz CT molecular complexity index is 380. The number of rotatable bonds is 7. The zero-order chi connectivity index (χ0) is 13.5. The summed E-state index contributed by atoms with van der Waals surface area (Å²) in [7, 11) is 0. The summed E-state index contributed by atoms with van der Waals surface area (Å²) in [5.41, 5.74) is 0.661. The minimum Gasteiger partial charge on any atom is -0.481 e. The molecule has 1 aromatic rings. The fourth-order valence-electron chi connectivity index (χ4n) is 1.71. The number of halogens is 1. The number of carbonyl (C=O) groups is 1. The molecule has 4 nitrogen and oxygen atoms in total. The van der Waals surface area contributed by atoms with Crippen LogP contribution < -0.4 is 5.32 Å². The van der Waals surface area contributed by atoms with Crippen molar-refractivity contribution >= 4 is 17.6 Å². The van der Waals surface area contributed by atoms with E-state index in [1.54, 1.807) is 24.3 Å². The highest BCUT2D eigenvalue weighted by molar-refractivity contribution is 6.30. The smallest absolute Gasteiger partial charge is 0.305 e. The lowest BCUT2D eigenvalue weighted by atomic mass is 9.99. The first kappa shape index (κ1) is 15.0. The predicted octanol–water partition coefficient (Wildman–Crippen LogP) is 2.22. The maximum absolute atomic E-state index is 10.8. The first-order valence-electron chi connectivity index (χ1n) is 5.93. The fourth-order valence-corrected chi connectivity index (χ4v) is 1.83. The van der Waals surface area contributed by atoms with Crippen LogP contribution >= 0.6 is 11.6 Å². The third-order valence-electron chi connectivity index (χ3n) is 2.64. The van der Waals surface area contributed by atoms with Gasteiger partial charge in [0, 0.05) is 11.1 Å². The van der Waals surface area contributed by atoms with Crippen molar-refractivity contribution in [1.82, 2.24) is 5.32 Å². The second kappa shape index (κ2) is 7.36. The first-order valence-corrected chi connectivity index (χ1v) is 6.31. The Balaban J connectivity index is 2.76. The van der Waals surface area contributed by atoms with Crippen LogP contribution in [0.1, 0.15) is 31.4 Å². The van der Waals surface area contributed by atoms with E-state index in [0.717, 1.165) is 6.42 Å². The van der Waals surface area contributed by atoms with E-state index in [2.05, 4.69) is 5.32 Å². The van der Waals surface area contributed by atoms with E-state index in [1.807, 2.05) is 6.92 Å². The van der Waals surface area contributed by atoms with Gasteiger partial charge in [-0.3, -0.25) is 4.79 Å². The lowest BCUT2D eigenvalue weighted by Gasteiger charge is -2.23. The average Bonchev–Trinajstić information content (AvgIpc) is 2.34. The van der Waals surface area contributed by atoms with Gasteiger partial charge in [0.2, 0.25) is 0 Å². The molecule has 100 valence electrons. The molecule has 1 aromatic carbocycles. The van der Waals surface area contributed by atoms with Crippen molar-refractivity contribution in [2.45, 2.75) is 31.9 Å². The molecule has 0 spiro atoms. The minimum absolute atomic E-state index is 0.121. The summed E-state index contributed by atoms with van der Waals surface area (Å²) in [6.45, 7) is 2.65. The van der Waals surface area contributed by atoms with Crippen molar-refractivity contribution in [3.05, 3.63) is 34.9 Å². The van der Waals surface area contributed by atoms with E-state index in [-0.39, 0.29) is 6.42 Å². The summed E-state index contributed by atoms with van der Waals surface area (Å²) in [4.78, 5) is 10.8. The number of hydrogen-bond donors (Lipinski definition) is 3. The second-order valence-corrected chi connectivity index (χ2v) is 4.59. The molecule has 0 saturated heterocycles. The number of carboxylic acids is 1. The lowest BCUT2D eigenvalue weighted by Crippen LogP contribution is -2.37. The molecule has 5 heteroatoms. The number of carboxylic acid groups (broad SMARTS) is 1. The molecule has 18 heavy (non-hydrogen) atoms. The molecular weight excluding hydrogens is 254 g/mol. The molecule has 0 heterocycles. The molecular formula is C13H18ClNO3. The molecule has 0 bridgehead atoms. The zero-order valence-electron chi connectivity index (χ0n) is 10.3. The van der Waals surface area contributed by atoms with Gasteiger partial charge in [-0.05, 0) is 30.7 Å². The third-order valence-corrected chi connectivity index (χ3v) is 2.90. The van der Waals surface area contributed by atoms with Gasteiger partial charge in [-0.2, -0.15) is 0 Å². The number of aliphatic hydroxyl groups is 1. The molecule has 0 aliphatic heterocycles. The molecule has 1 rings (SSSR count). The molecule has 0 amide bonds. The van der Waals surface area contributed by atoms with Crippen molar-refractivity contribution in [1.29, 1.82) is 0 Å².